The van der Waals surface area contributed by atoms with E-state index in [2.05, 4.69) is 17.1 Å². The Morgan fingerprint density at radius 1 is 1.33 bits per heavy atom. The van der Waals surface area contributed by atoms with Crippen LogP contribution >= 0.6 is 12.2 Å². The van der Waals surface area contributed by atoms with Crippen molar-refractivity contribution in [3.63, 3.8) is 0 Å². The van der Waals surface area contributed by atoms with E-state index >= 15 is 0 Å². The van der Waals surface area contributed by atoms with Gasteiger partial charge in [-0.25, -0.2) is 4.79 Å². The summed E-state index contributed by atoms with van der Waals surface area (Å²) in [5.41, 5.74) is 0. The molecule has 0 aromatic heterocycles. The predicted octanol–water partition coefficient (Wildman–Crippen LogP) is 1.29. The summed E-state index contributed by atoms with van der Waals surface area (Å²) in [6.07, 6.45) is -0.452. The van der Waals surface area contributed by atoms with Gasteiger partial charge < -0.3 is 14.5 Å². The van der Waals surface area contributed by atoms with Crippen LogP contribution in [-0.2, 0) is 4.74 Å². The summed E-state index contributed by atoms with van der Waals surface area (Å²) in [4.78, 5) is 15.8. The maximum Gasteiger partial charge on any atom is 0.413 e. The lowest BCUT2D eigenvalue weighted by molar-refractivity contribution is 0.135. The summed E-state index contributed by atoms with van der Waals surface area (Å²) in [5.74, 6) is 0.331. The van der Waals surface area contributed by atoms with Crippen LogP contribution in [0.3, 0.4) is 0 Å². The molecule has 0 atom stereocenters. The Balaban J connectivity index is 2.26. The van der Waals surface area contributed by atoms with Crippen LogP contribution in [0.1, 0.15) is 20.8 Å². The van der Waals surface area contributed by atoms with Gasteiger partial charge in [-0.2, -0.15) is 0 Å². The SMILES string of the molecule is CCN1CCN(C(=S)NC(=O)OCC(C)C)CC1. The number of ether oxygens (including phenoxy) is 1. The monoisotopic (exact) mass is 273 g/mol. The number of hydrogen-bond donors (Lipinski definition) is 1. The van der Waals surface area contributed by atoms with Gasteiger partial charge in [0.15, 0.2) is 5.11 Å². The number of hydrogen-bond acceptors (Lipinski definition) is 4. The highest BCUT2D eigenvalue weighted by Crippen LogP contribution is 2.02. The van der Waals surface area contributed by atoms with Crippen molar-refractivity contribution in [2.24, 2.45) is 5.92 Å². The van der Waals surface area contributed by atoms with Gasteiger partial charge in [-0.3, -0.25) is 5.32 Å². The Labute approximate surface area is 114 Å². The van der Waals surface area contributed by atoms with Crippen molar-refractivity contribution in [3.05, 3.63) is 0 Å². The third kappa shape index (κ3) is 5.18. The van der Waals surface area contributed by atoms with Gasteiger partial charge in [-0.15, -0.1) is 0 Å². The van der Waals surface area contributed by atoms with Crippen LogP contribution in [0.2, 0.25) is 0 Å². The number of nitrogens with zero attached hydrogens (tertiary/aromatic N) is 2. The summed E-state index contributed by atoms with van der Waals surface area (Å²) in [6, 6.07) is 0. The van der Waals surface area contributed by atoms with Gasteiger partial charge >= 0.3 is 6.09 Å². The second-order valence-electron chi connectivity index (χ2n) is 4.84. The van der Waals surface area contributed by atoms with Gasteiger partial charge in [-0.05, 0) is 24.7 Å². The molecule has 104 valence electrons. The Hall–Kier alpha value is -0.880. The van der Waals surface area contributed by atoms with Crippen LogP contribution in [0.4, 0.5) is 4.79 Å². The predicted molar refractivity (Wildman–Crippen MR) is 75.6 cm³/mol. The molecule has 1 rings (SSSR count). The lowest BCUT2D eigenvalue weighted by Gasteiger charge is -2.35. The molecule has 1 amide bonds. The number of piperazine rings is 1. The van der Waals surface area contributed by atoms with Crippen LogP contribution in [0.5, 0.6) is 0 Å². The first kappa shape index (κ1) is 15.2. The van der Waals surface area contributed by atoms with Crippen LogP contribution in [0.15, 0.2) is 0 Å². The third-order valence-corrected chi connectivity index (χ3v) is 3.22. The lowest BCUT2D eigenvalue weighted by Crippen LogP contribution is -2.52. The number of amides is 1. The summed E-state index contributed by atoms with van der Waals surface area (Å²) in [5, 5.41) is 3.09. The molecule has 0 aromatic rings. The second kappa shape index (κ2) is 7.53. The average Bonchev–Trinajstić information content (AvgIpc) is 2.36. The van der Waals surface area contributed by atoms with E-state index in [0.29, 0.717) is 17.6 Å². The molecule has 5 nitrogen and oxygen atoms in total. The summed E-state index contributed by atoms with van der Waals surface area (Å²) >= 11 is 5.20. The molecule has 0 aliphatic carbocycles. The van der Waals surface area contributed by atoms with E-state index in [0.717, 1.165) is 32.7 Å². The molecule has 1 aliphatic rings. The molecule has 1 N–H and O–H groups in total. The highest BCUT2D eigenvalue weighted by Gasteiger charge is 2.19. The van der Waals surface area contributed by atoms with Crippen molar-refractivity contribution in [1.29, 1.82) is 0 Å². The number of likely N-dealkylation sites (N-methyl/N-ethyl adjacent to an activating group) is 1. The summed E-state index contributed by atoms with van der Waals surface area (Å²) < 4.78 is 5.03. The van der Waals surface area contributed by atoms with Crippen molar-refractivity contribution in [3.8, 4) is 0 Å². The maximum atomic E-state index is 11.5. The summed E-state index contributed by atoms with van der Waals surface area (Å²) in [7, 11) is 0. The standard InChI is InChI=1S/C12H23N3O2S/c1-4-14-5-7-15(8-6-14)11(18)13-12(16)17-9-10(2)3/h10H,4-9H2,1-3H3,(H,13,16,18). The first-order chi connectivity index (χ1) is 8.52. The molecular formula is C12H23N3O2S. The van der Waals surface area contributed by atoms with E-state index in [1.54, 1.807) is 0 Å². The number of thiocarbonyl (C=S) groups is 1. The molecule has 0 unspecified atom stereocenters. The fraction of sp³-hybridized carbons (Fsp3) is 0.833. The fourth-order valence-corrected chi connectivity index (χ4v) is 1.98. The zero-order chi connectivity index (χ0) is 13.5. The minimum atomic E-state index is -0.452. The van der Waals surface area contributed by atoms with Gasteiger partial charge in [0.1, 0.15) is 0 Å². The van der Waals surface area contributed by atoms with Crippen LogP contribution in [0, 0.1) is 5.92 Å². The van der Waals surface area contributed by atoms with Crippen LogP contribution in [-0.4, -0.2) is 60.3 Å². The van der Waals surface area contributed by atoms with Crippen molar-refractivity contribution >= 4 is 23.4 Å². The number of alkyl carbamates (subject to hydrolysis) is 1. The molecule has 0 saturated carbocycles. The lowest BCUT2D eigenvalue weighted by atomic mass is 10.2. The molecule has 6 heteroatoms. The number of carbonyl (C=O) groups is 1. The Morgan fingerprint density at radius 2 is 1.94 bits per heavy atom. The van der Waals surface area contributed by atoms with E-state index in [4.69, 9.17) is 17.0 Å². The topological polar surface area (TPSA) is 44.8 Å². The molecule has 0 radical (unpaired) electrons. The molecule has 1 fully saturated rings. The van der Waals surface area contributed by atoms with Gasteiger partial charge in [0.05, 0.1) is 6.61 Å². The molecular weight excluding hydrogens is 250 g/mol. The minimum Gasteiger partial charge on any atom is -0.449 e. The Morgan fingerprint density at radius 3 is 2.44 bits per heavy atom. The highest BCUT2D eigenvalue weighted by molar-refractivity contribution is 7.80. The van der Waals surface area contributed by atoms with E-state index in [-0.39, 0.29) is 0 Å². The Bertz CT molecular complexity index is 289. The molecule has 0 aromatic carbocycles. The minimum absolute atomic E-state index is 0.331. The first-order valence-electron chi connectivity index (χ1n) is 6.48. The zero-order valence-electron chi connectivity index (χ0n) is 11.4. The quantitative estimate of drug-likeness (QED) is 0.785. The molecule has 0 spiro atoms. The van der Waals surface area contributed by atoms with Gasteiger partial charge in [0.25, 0.3) is 0 Å². The zero-order valence-corrected chi connectivity index (χ0v) is 12.3. The van der Waals surface area contributed by atoms with Gasteiger partial charge in [-0.1, -0.05) is 20.8 Å². The number of carbonyl (C=O) groups excluding carboxylic acids is 1. The van der Waals surface area contributed by atoms with Crippen molar-refractivity contribution in [1.82, 2.24) is 15.1 Å². The highest BCUT2D eigenvalue weighted by atomic mass is 32.1. The molecule has 1 saturated heterocycles. The number of nitrogens with one attached hydrogen (secondary N) is 1. The van der Waals surface area contributed by atoms with Crippen LogP contribution in [0.25, 0.3) is 0 Å². The molecule has 18 heavy (non-hydrogen) atoms. The van der Waals surface area contributed by atoms with E-state index < -0.39 is 6.09 Å². The van der Waals surface area contributed by atoms with Crippen molar-refractivity contribution in [2.75, 3.05) is 39.3 Å². The molecule has 0 bridgehead atoms. The van der Waals surface area contributed by atoms with E-state index in [1.807, 2.05) is 18.7 Å². The third-order valence-electron chi connectivity index (χ3n) is 2.86. The van der Waals surface area contributed by atoms with E-state index in [1.165, 1.54) is 0 Å². The fourth-order valence-electron chi connectivity index (χ4n) is 1.71. The van der Waals surface area contributed by atoms with Crippen LogP contribution < -0.4 is 5.32 Å². The van der Waals surface area contributed by atoms with Gasteiger partial charge in [0, 0.05) is 26.2 Å². The maximum absolute atomic E-state index is 11.5. The second-order valence-corrected chi connectivity index (χ2v) is 5.23. The Kier molecular flexibility index (Phi) is 6.35. The smallest absolute Gasteiger partial charge is 0.413 e. The van der Waals surface area contributed by atoms with E-state index in [9.17, 15) is 4.79 Å². The van der Waals surface area contributed by atoms with Crippen molar-refractivity contribution < 1.29 is 9.53 Å². The normalized spacial score (nSPS) is 16.8. The molecule has 1 aliphatic heterocycles. The average molecular weight is 273 g/mol. The van der Waals surface area contributed by atoms with Gasteiger partial charge in [0.2, 0.25) is 0 Å². The summed E-state index contributed by atoms with van der Waals surface area (Å²) in [6.45, 7) is 11.3. The number of rotatable bonds is 3. The largest absolute Gasteiger partial charge is 0.449 e. The molecule has 1 heterocycles. The first-order valence-corrected chi connectivity index (χ1v) is 6.88. The van der Waals surface area contributed by atoms with Crippen molar-refractivity contribution in [2.45, 2.75) is 20.8 Å².